The average molecular weight is 243 g/mol. The predicted octanol–water partition coefficient (Wildman–Crippen LogP) is 0.758. The van der Waals surface area contributed by atoms with Crippen molar-refractivity contribution in [3.8, 4) is 0 Å². The minimum Gasteiger partial charge on any atom is -0.366 e. The quantitative estimate of drug-likeness (QED) is 0.629. The normalized spacial score (nSPS) is 9.62. The molecular formula is C8H7BrN2O2. The molecule has 0 bridgehead atoms. The second-order valence-corrected chi connectivity index (χ2v) is 2.94. The summed E-state index contributed by atoms with van der Waals surface area (Å²) in [5.74, 6) is -0.715. The fourth-order valence-electron chi connectivity index (χ4n) is 0.804. The first-order valence-corrected chi connectivity index (χ1v) is 4.61. The Balaban J connectivity index is 3.05. The SMILES string of the molecule is NC(=O)c1cncc(C(=O)CBr)c1. The van der Waals surface area contributed by atoms with Crippen LogP contribution in [0.25, 0.3) is 0 Å². The smallest absolute Gasteiger partial charge is 0.250 e. The Bertz CT molecular complexity index is 352. The molecule has 0 fully saturated rings. The Labute approximate surface area is 83.3 Å². The predicted molar refractivity (Wildman–Crippen MR) is 50.9 cm³/mol. The van der Waals surface area contributed by atoms with Crippen molar-refractivity contribution in [2.24, 2.45) is 5.73 Å². The molecule has 2 N–H and O–H groups in total. The number of nitrogens with two attached hydrogens (primary N) is 1. The summed E-state index contributed by atoms with van der Waals surface area (Å²) in [7, 11) is 0. The van der Waals surface area contributed by atoms with E-state index in [1.807, 2.05) is 0 Å². The van der Waals surface area contributed by atoms with Gasteiger partial charge in [0.25, 0.3) is 0 Å². The molecule has 68 valence electrons. The summed E-state index contributed by atoms with van der Waals surface area (Å²) in [5.41, 5.74) is 5.65. The zero-order valence-electron chi connectivity index (χ0n) is 6.66. The highest BCUT2D eigenvalue weighted by Crippen LogP contribution is 2.04. The van der Waals surface area contributed by atoms with Crippen molar-refractivity contribution < 1.29 is 9.59 Å². The number of ketones is 1. The molecular weight excluding hydrogens is 236 g/mol. The molecule has 1 aromatic rings. The number of nitrogens with zero attached hydrogens (tertiary/aromatic N) is 1. The number of alkyl halides is 1. The second-order valence-electron chi connectivity index (χ2n) is 2.38. The lowest BCUT2D eigenvalue weighted by atomic mass is 10.1. The average Bonchev–Trinajstić information content (AvgIpc) is 2.17. The first-order chi connectivity index (χ1) is 6.15. The van der Waals surface area contributed by atoms with Gasteiger partial charge in [0.1, 0.15) is 0 Å². The van der Waals surface area contributed by atoms with E-state index in [9.17, 15) is 9.59 Å². The van der Waals surface area contributed by atoms with Crippen LogP contribution in [0.4, 0.5) is 0 Å². The number of hydrogen-bond donors (Lipinski definition) is 1. The van der Waals surface area contributed by atoms with Crippen molar-refractivity contribution in [1.82, 2.24) is 4.98 Å². The lowest BCUT2D eigenvalue weighted by Crippen LogP contribution is -2.12. The van der Waals surface area contributed by atoms with E-state index in [4.69, 9.17) is 5.73 Å². The Hall–Kier alpha value is -1.23. The van der Waals surface area contributed by atoms with Gasteiger partial charge in [-0.1, -0.05) is 15.9 Å². The van der Waals surface area contributed by atoms with E-state index in [0.29, 0.717) is 5.56 Å². The zero-order chi connectivity index (χ0) is 9.84. The van der Waals surface area contributed by atoms with Gasteiger partial charge >= 0.3 is 0 Å². The highest BCUT2D eigenvalue weighted by molar-refractivity contribution is 9.09. The first kappa shape index (κ1) is 9.85. The van der Waals surface area contributed by atoms with Crippen LogP contribution in [-0.4, -0.2) is 22.0 Å². The van der Waals surface area contributed by atoms with Gasteiger partial charge in [0.15, 0.2) is 5.78 Å². The molecule has 1 rings (SSSR count). The lowest BCUT2D eigenvalue weighted by Gasteiger charge is -1.98. The second kappa shape index (κ2) is 4.13. The fourth-order valence-corrected chi connectivity index (χ4v) is 1.13. The number of halogens is 1. The molecule has 0 saturated carbocycles. The number of carbonyl (C=O) groups excluding carboxylic acids is 2. The molecule has 1 heterocycles. The number of carbonyl (C=O) groups is 2. The maximum atomic E-state index is 11.1. The third-order valence-electron chi connectivity index (χ3n) is 1.47. The molecule has 1 aromatic heterocycles. The summed E-state index contributed by atoms with van der Waals surface area (Å²) in [6.45, 7) is 0. The zero-order valence-corrected chi connectivity index (χ0v) is 8.24. The number of hydrogen-bond acceptors (Lipinski definition) is 3. The van der Waals surface area contributed by atoms with Gasteiger partial charge in [-0.3, -0.25) is 14.6 Å². The largest absolute Gasteiger partial charge is 0.366 e. The van der Waals surface area contributed by atoms with Crippen LogP contribution in [0.1, 0.15) is 20.7 Å². The van der Waals surface area contributed by atoms with Gasteiger partial charge in [0, 0.05) is 18.0 Å². The number of Topliss-reactive ketones (excluding diaryl/α,β-unsaturated/α-hetero) is 1. The van der Waals surface area contributed by atoms with E-state index in [0.717, 1.165) is 0 Å². The van der Waals surface area contributed by atoms with E-state index in [-0.39, 0.29) is 16.7 Å². The fraction of sp³-hybridized carbons (Fsp3) is 0.125. The Morgan fingerprint density at radius 3 is 2.54 bits per heavy atom. The number of rotatable bonds is 3. The minimum atomic E-state index is -0.586. The van der Waals surface area contributed by atoms with Crippen molar-refractivity contribution in [2.75, 3.05) is 5.33 Å². The van der Waals surface area contributed by atoms with Gasteiger partial charge < -0.3 is 5.73 Å². The van der Waals surface area contributed by atoms with Crippen molar-refractivity contribution >= 4 is 27.6 Å². The third kappa shape index (κ3) is 2.35. The summed E-state index contributed by atoms with van der Waals surface area (Å²) < 4.78 is 0. The Morgan fingerprint density at radius 2 is 2.00 bits per heavy atom. The molecule has 0 aliphatic carbocycles. The molecule has 0 radical (unpaired) electrons. The number of primary amides is 1. The summed E-state index contributed by atoms with van der Waals surface area (Å²) >= 11 is 3.02. The van der Waals surface area contributed by atoms with E-state index >= 15 is 0 Å². The van der Waals surface area contributed by atoms with Crippen LogP contribution in [-0.2, 0) is 0 Å². The van der Waals surface area contributed by atoms with Gasteiger partial charge in [-0.15, -0.1) is 0 Å². The van der Waals surface area contributed by atoms with E-state index in [1.165, 1.54) is 18.5 Å². The highest BCUT2D eigenvalue weighted by Gasteiger charge is 2.07. The Morgan fingerprint density at radius 1 is 1.38 bits per heavy atom. The van der Waals surface area contributed by atoms with Crippen molar-refractivity contribution in [1.29, 1.82) is 0 Å². The molecule has 0 aliphatic heterocycles. The van der Waals surface area contributed by atoms with Crippen LogP contribution in [0.3, 0.4) is 0 Å². The van der Waals surface area contributed by atoms with E-state index in [2.05, 4.69) is 20.9 Å². The van der Waals surface area contributed by atoms with Crippen LogP contribution < -0.4 is 5.73 Å². The van der Waals surface area contributed by atoms with Gasteiger partial charge in [-0.05, 0) is 6.07 Å². The monoisotopic (exact) mass is 242 g/mol. The van der Waals surface area contributed by atoms with Crippen molar-refractivity contribution in [2.45, 2.75) is 0 Å². The van der Waals surface area contributed by atoms with Crippen LogP contribution in [0.5, 0.6) is 0 Å². The van der Waals surface area contributed by atoms with Gasteiger partial charge in [0.05, 0.1) is 10.9 Å². The Kier molecular flexibility index (Phi) is 3.13. The van der Waals surface area contributed by atoms with Crippen LogP contribution in [0, 0.1) is 0 Å². The molecule has 0 aromatic carbocycles. The van der Waals surface area contributed by atoms with Gasteiger partial charge in [-0.2, -0.15) is 0 Å². The summed E-state index contributed by atoms with van der Waals surface area (Å²) in [4.78, 5) is 25.6. The van der Waals surface area contributed by atoms with Crippen LogP contribution in [0.2, 0.25) is 0 Å². The topological polar surface area (TPSA) is 73.1 Å². The van der Waals surface area contributed by atoms with E-state index < -0.39 is 5.91 Å². The highest BCUT2D eigenvalue weighted by atomic mass is 79.9. The van der Waals surface area contributed by atoms with Gasteiger partial charge in [-0.25, -0.2) is 0 Å². The lowest BCUT2D eigenvalue weighted by molar-refractivity contribution is 0.1000. The van der Waals surface area contributed by atoms with Gasteiger partial charge in [0.2, 0.25) is 5.91 Å². The summed E-state index contributed by atoms with van der Waals surface area (Å²) in [5, 5.41) is 0.205. The number of pyridine rings is 1. The third-order valence-corrected chi connectivity index (χ3v) is 1.98. The molecule has 5 heteroatoms. The minimum absolute atomic E-state index is 0.129. The maximum absolute atomic E-state index is 11.1. The molecule has 0 spiro atoms. The van der Waals surface area contributed by atoms with Crippen molar-refractivity contribution in [3.63, 3.8) is 0 Å². The molecule has 0 unspecified atom stereocenters. The van der Waals surface area contributed by atoms with Crippen molar-refractivity contribution in [3.05, 3.63) is 29.6 Å². The van der Waals surface area contributed by atoms with Crippen LogP contribution >= 0.6 is 15.9 Å². The number of amides is 1. The standard InChI is InChI=1S/C8H7BrN2O2/c9-2-7(12)5-1-6(8(10)13)4-11-3-5/h1,3-4H,2H2,(H2,10,13). The van der Waals surface area contributed by atoms with E-state index in [1.54, 1.807) is 0 Å². The molecule has 0 saturated heterocycles. The maximum Gasteiger partial charge on any atom is 0.250 e. The molecule has 0 aliphatic rings. The molecule has 1 amide bonds. The first-order valence-electron chi connectivity index (χ1n) is 3.49. The summed E-state index contributed by atoms with van der Waals surface area (Å²) in [6.07, 6.45) is 2.73. The summed E-state index contributed by atoms with van der Waals surface area (Å²) in [6, 6.07) is 1.43. The number of aromatic nitrogens is 1. The molecule has 13 heavy (non-hydrogen) atoms. The molecule has 4 nitrogen and oxygen atoms in total. The van der Waals surface area contributed by atoms with Crippen LogP contribution in [0.15, 0.2) is 18.5 Å². The molecule has 0 atom stereocenters.